The van der Waals surface area contributed by atoms with Crippen molar-refractivity contribution in [3.8, 4) is 10.8 Å². The van der Waals surface area contributed by atoms with Gasteiger partial charge in [-0.2, -0.15) is 0 Å². The zero-order chi connectivity index (χ0) is 20.8. The van der Waals surface area contributed by atoms with Gasteiger partial charge in [-0.05, 0) is 74.9 Å². The molecule has 5 nitrogen and oxygen atoms in total. The summed E-state index contributed by atoms with van der Waals surface area (Å²) in [5, 5.41) is 4.40. The predicted molar refractivity (Wildman–Crippen MR) is 121 cm³/mol. The number of thiophene rings is 1. The van der Waals surface area contributed by atoms with Crippen molar-refractivity contribution in [3.63, 3.8) is 0 Å². The molecule has 1 atom stereocenters. The van der Waals surface area contributed by atoms with Gasteiger partial charge in [-0.1, -0.05) is 6.07 Å². The molecule has 0 saturated heterocycles. The number of urea groups is 1. The van der Waals surface area contributed by atoms with Crippen LogP contribution in [0.4, 0.5) is 10.5 Å². The Morgan fingerprint density at radius 3 is 2.87 bits per heavy atom. The number of carbonyl (C=O) groups excluding carboxylic acids is 1. The maximum atomic E-state index is 13.5. The number of fused-ring (bicyclic) bond motifs is 5. The van der Waals surface area contributed by atoms with Gasteiger partial charge < -0.3 is 19.5 Å². The summed E-state index contributed by atoms with van der Waals surface area (Å²) in [5.74, 6) is 0.674. The van der Waals surface area contributed by atoms with Crippen LogP contribution in [0.15, 0.2) is 36.5 Å². The first-order chi connectivity index (χ1) is 14.6. The fourth-order valence-electron chi connectivity index (χ4n) is 4.72. The van der Waals surface area contributed by atoms with Crippen LogP contribution >= 0.6 is 11.3 Å². The molecule has 6 heteroatoms. The summed E-state index contributed by atoms with van der Waals surface area (Å²) in [5.41, 5.74) is 5.74. The molecular formula is C24H27N3O2S. The predicted octanol–water partition coefficient (Wildman–Crippen LogP) is 5.84. The summed E-state index contributed by atoms with van der Waals surface area (Å²) in [6, 6.07) is 9.93. The number of aryl methyl sites for hydroxylation is 2. The Morgan fingerprint density at radius 1 is 1.20 bits per heavy atom. The highest BCUT2D eigenvalue weighted by Crippen LogP contribution is 2.42. The molecule has 2 amide bonds. The minimum absolute atomic E-state index is 0.0327. The van der Waals surface area contributed by atoms with E-state index in [1.807, 2.05) is 41.4 Å². The van der Waals surface area contributed by atoms with Crippen molar-refractivity contribution >= 4 is 23.1 Å². The van der Waals surface area contributed by atoms with Crippen LogP contribution < -0.4 is 10.1 Å². The third-order valence-electron chi connectivity index (χ3n) is 6.34. The normalized spacial score (nSPS) is 17.6. The fourth-order valence-corrected chi connectivity index (χ4v) is 6.12. The van der Waals surface area contributed by atoms with Crippen molar-refractivity contribution in [2.24, 2.45) is 0 Å². The van der Waals surface area contributed by atoms with E-state index in [9.17, 15) is 4.79 Å². The van der Waals surface area contributed by atoms with Crippen LogP contribution in [0.3, 0.4) is 0 Å². The highest BCUT2D eigenvalue weighted by atomic mass is 32.1. The molecule has 2 aromatic heterocycles. The zero-order valence-corrected chi connectivity index (χ0v) is 18.5. The summed E-state index contributed by atoms with van der Waals surface area (Å²) >= 11 is 1.91. The molecule has 0 radical (unpaired) electrons. The van der Waals surface area contributed by atoms with E-state index in [4.69, 9.17) is 4.74 Å². The molecule has 2 aliphatic rings. The maximum Gasteiger partial charge on any atom is 0.322 e. The van der Waals surface area contributed by atoms with Gasteiger partial charge in [0.1, 0.15) is 10.8 Å². The number of hydrogen-bond donors (Lipinski definition) is 1. The smallest absolute Gasteiger partial charge is 0.322 e. The Bertz CT molecular complexity index is 1110. The van der Waals surface area contributed by atoms with E-state index in [0.717, 1.165) is 24.1 Å². The molecule has 0 fully saturated rings. The van der Waals surface area contributed by atoms with Gasteiger partial charge in [0, 0.05) is 22.3 Å². The van der Waals surface area contributed by atoms with Crippen molar-refractivity contribution in [2.75, 3.05) is 12.4 Å². The van der Waals surface area contributed by atoms with E-state index in [2.05, 4.69) is 35.1 Å². The number of rotatable bonds is 2. The van der Waals surface area contributed by atoms with Gasteiger partial charge in [-0.25, -0.2) is 4.79 Å². The van der Waals surface area contributed by atoms with Crippen LogP contribution in [0.5, 0.6) is 5.75 Å². The average Bonchev–Trinajstić information content (AvgIpc) is 3.34. The van der Waals surface area contributed by atoms with E-state index < -0.39 is 0 Å². The number of nitrogens with one attached hydrogen (secondary N) is 1. The van der Waals surface area contributed by atoms with Gasteiger partial charge in [-0.15, -0.1) is 11.3 Å². The third kappa shape index (κ3) is 3.10. The molecule has 1 unspecified atom stereocenters. The van der Waals surface area contributed by atoms with Crippen molar-refractivity contribution in [1.82, 2.24) is 9.47 Å². The standard InChI is InChI=1S/C24H27N3O2S/c1-15-10-11-21(29-3)19(13-15)25-24(28)27-14-18-17-7-4-5-9-22(17)30-23(18)26-12-6-8-20(26)16(27)2/h6,8,10-13,16H,4-5,7,9,14H2,1-3H3,(H,25,28). The molecule has 0 spiro atoms. The topological polar surface area (TPSA) is 46.5 Å². The monoisotopic (exact) mass is 421 g/mol. The van der Waals surface area contributed by atoms with Crippen molar-refractivity contribution < 1.29 is 9.53 Å². The lowest BCUT2D eigenvalue weighted by atomic mass is 9.95. The van der Waals surface area contributed by atoms with Crippen LogP contribution in [0.25, 0.3) is 5.00 Å². The molecular weight excluding hydrogens is 394 g/mol. The second kappa shape index (κ2) is 7.51. The van der Waals surface area contributed by atoms with Crippen molar-refractivity contribution in [2.45, 2.75) is 52.1 Å². The van der Waals surface area contributed by atoms with Crippen LogP contribution in [0.2, 0.25) is 0 Å². The first kappa shape index (κ1) is 19.2. The Labute approximate surface area is 181 Å². The molecule has 5 rings (SSSR count). The Kier molecular flexibility index (Phi) is 4.82. The van der Waals surface area contributed by atoms with E-state index in [1.54, 1.807) is 7.11 Å². The fraction of sp³-hybridized carbons (Fsp3) is 0.375. The second-order valence-corrected chi connectivity index (χ2v) is 9.32. The van der Waals surface area contributed by atoms with Crippen LogP contribution in [-0.2, 0) is 19.4 Å². The first-order valence-corrected chi connectivity index (χ1v) is 11.4. The summed E-state index contributed by atoms with van der Waals surface area (Å²) in [4.78, 5) is 17.0. The van der Waals surface area contributed by atoms with Gasteiger partial charge in [0.05, 0.1) is 25.4 Å². The molecule has 1 aliphatic carbocycles. The van der Waals surface area contributed by atoms with E-state index in [1.165, 1.54) is 33.8 Å². The van der Waals surface area contributed by atoms with Crippen LogP contribution in [0, 0.1) is 6.92 Å². The molecule has 1 N–H and O–H groups in total. The lowest BCUT2D eigenvalue weighted by Gasteiger charge is -2.28. The SMILES string of the molecule is COc1ccc(C)cc1NC(=O)N1Cc2c(sc3c2CCCC3)-n2cccc2C1C. The Morgan fingerprint density at radius 2 is 2.03 bits per heavy atom. The number of carbonyl (C=O) groups is 1. The summed E-state index contributed by atoms with van der Waals surface area (Å²) in [7, 11) is 1.63. The molecule has 3 aromatic rings. The zero-order valence-electron chi connectivity index (χ0n) is 17.7. The summed E-state index contributed by atoms with van der Waals surface area (Å²) < 4.78 is 7.76. The minimum Gasteiger partial charge on any atom is -0.495 e. The van der Waals surface area contributed by atoms with Gasteiger partial charge in [0.25, 0.3) is 0 Å². The molecule has 30 heavy (non-hydrogen) atoms. The molecule has 1 aliphatic heterocycles. The lowest BCUT2D eigenvalue weighted by Crippen LogP contribution is -2.36. The molecule has 1 aromatic carbocycles. The van der Waals surface area contributed by atoms with Gasteiger partial charge in [0.15, 0.2) is 0 Å². The number of hydrogen-bond acceptors (Lipinski definition) is 3. The number of nitrogens with zero attached hydrogens (tertiary/aromatic N) is 2. The van der Waals surface area contributed by atoms with Crippen LogP contribution in [0.1, 0.15) is 53.1 Å². The number of benzene rings is 1. The van der Waals surface area contributed by atoms with Gasteiger partial charge >= 0.3 is 6.03 Å². The van der Waals surface area contributed by atoms with Gasteiger partial charge in [-0.3, -0.25) is 0 Å². The summed E-state index contributed by atoms with van der Waals surface area (Å²) in [6.07, 6.45) is 6.91. The number of amides is 2. The Hall–Kier alpha value is -2.73. The Balaban J connectivity index is 1.54. The summed E-state index contributed by atoms with van der Waals surface area (Å²) in [6.45, 7) is 4.76. The number of methoxy groups -OCH3 is 1. The van der Waals surface area contributed by atoms with Gasteiger partial charge in [0.2, 0.25) is 0 Å². The largest absolute Gasteiger partial charge is 0.495 e. The van der Waals surface area contributed by atoms with Crippen LogP contribution in [-0.4, -0.2) is 22.6 Å². The molecule has 156 valence electrons. The average molecular weight is 422 g/mol. The van der Waals surface area contributed by atoms with E-state index >= 15 is 0 Å². The number of aromatic nitrogens is 1. The van der Waals surface area contributed by atoms with Crippen molar-refractivity contribution in [1.29, 1.82) is 0 Å². The van der Waals surface area contributed by atoms with E-state index in [0.29, 0.717) is 18.0 Å². The number of anilines is 1. The highest BCUT2D eigenvalue weighted by molar-refractivity contribution is 7.15. The maximum absolute atomic E-state index is 13.5. The molecule has 0 bridgehead atoms. The second-order valence-electron chi connectivity index (χ2n) is 8.24. The number of ether oxygens (including phenoxy) is 1. The quantitative estimate of drug-likeness (QED) is 0.565. The molecule has 3 heterocycles. The van der Waals surface area contributed by atoms with Crippen molar-refractivity contribution in [3.05, 3.63) is 63.8 Å². The lowest BCUT2D eigenvalue weighted by molar-refractivity contribution is 0.189. The van der Waals surface area contributed by atoms with E-state index in [-0.39, 0.29) is 12.1 Å². The first-order valence-electron chi connectivity index (χ1n) is 10.6. The third-order valence-corrected chi connectivity index (χ3v) is 7.67. The highest BCUT2D eigenvalue weighted by Gasteiger charge is 2.33. The minimum atomic E-state index is -0.0947. The molecule has 0 saturated carbocycles.